The first-order valence-corrected chi connectivity index (χ1v) is 5.06. The summed E-state index contributed by atoms with van der Waals surface area (Å²) in [6, 6.07) is 3.46. The number of anilines is 1. The minimum atomic E-state index is -1.25. The topological polar surface area (TPSA) is 148 Å². The fourth-order valence-electron chi connectivity index (χ4n) is 1.37. The van der Waals surface area contributed by atoms with Gasteiger partial charge in [0.05, 0.1) is 9.85 Å². The molecule has 1 aromatic carbocycles. The van der Waals surface area contributed by atoms with Crippen LogP contribution >= 0.6 is 0 Å². The van der Waals surface area contributed by atoms with Crippen LogP contribution in [0.5, 0.6) is 0 Å². The van der Waals surface area contributed by atoms with Gasteiger partial charge in [0.25, 0.3) is 11.4 Å². The summed E-state index contributed by atoms with van der Waals surface area (Å²) < 4.78 is 0. The summed E-state index contributed by atoms with van der Waals surface area (Å²) in [6.45, 7) is -0.0590. The number of hydrogen-bond acceptors (Lipinski definition) is 6. The van der Waals surface area contributed by atoms with Crippen LogP contribution in [-0.2, 0) is 0 Å². The summed E-state index contributed by atoms with van der Waals surface area (Å²) in [4.78, 5) is 30.2. The van der Waals surface area contributed by atoms with Crippen molar-refractivity contribution in [1.82, 2.24) is 5.32 Å². The molecule has 0 aromatic heterocycles. The Morgan fingerprint density at radius 3 is 2.11 bits per heavy atom. The van der Waals surface area contributed by atoms with E-state index in [9.17, 15) is 25.0 Å². The third-order valence-electron chi connectivity index (χ3n) is 2.12. The summed E-state index contributed by atoms with van der Waals surface area (Å²) in [6.07, 6.45) is -1.25. The van der Waals surface area contributed by atoms with E-state index < -0.39 is 27.3 Å². The van der Waals surface area contributed by atoms with Gasteiger partial charge in [-0.15, -0.1) is 0 Å². The fraction of sp³-hybridized carbons (Fsp3) is 0.222. The van der Waals surface area contributed by atoms with Gasteiger partial charge in [-0.1, -0.05) is 0 Å². The standard InChI is InChI=1S/C9H10N4O6/c14-9(15)11-5-4-10-8-6(12(16)17)2-1-3-7(8)13(18)19/h1-3,10-11H,4-5H2,(H,14,15). The quantitative estimate of drug-likeness (QED) is 0.399. The number of para-hydroxylation sites is 1. The Balaban J connectivity index is 2.92. The van der Waals surface area contributed by atoms with Gasteiger partial charge in [0.1, 0.15) is 0 Å². The molecule has 0 fully saturated rings. The van der Waals surface area contributed by atoms with Crippen molar-refractivity contribution in [3.63, 3.8) is 0 Å². The zero-order valence-electron chi connectivity index (χ0n) is 9.53. The molecule has 0 aliphatic heterocycles. The van der Waals surface area contributed by atoms with Crippen molar-refractivity contribution in [2.75, 3.05) is 18.4 Å². The SMILES string of the molecule is O=C(O)NCCNc1c([N+](=O)[O-])cccc1[N+](=O)[O-]. The number of rotatable bonds is 6. The zero-order chi connectivity index (χ0) is 14.4. The van der Waals surface area contributed by atoms with Crippen LogP contribution in [0.2, 0.25) is 0 Å². The molecule has 3 N–H and O–H groups in total. The monoisotopic (exact) mass is 270 g/mol. The third-order valence-corrected chi connectivity index (χ3v) is 2.12. The molecular weight excluding hydrogens is 260 g/mol. The molecule has 0 spiro atoms. The predicted molar refractivity (Wildman–Crippen MR) is 64.3 cm³/mol. The van der Waals surface area contributed by atoms with Crippen LogP contribution in [0.15, 0.2) is 18.2 Å². The molecule has 10 nitrogen and oxygen atoms in total. The normalized spacial score (nSPS) is 9.68. The van der Waals surface area contributed by atoms with Crippen molar-refractivity contribution < 1.29 is 19.7 Å². The van der Waals surface area contributed by atoms with E-state index in [2.05, 4.69) is 5.32 Å². The van der Waals surface area contributed by atoms with E-state index in [0.717, 1.165) is 12.1 Å². The maximum atomic E-state index is 10.8. The van der Waals surface area contributed by atoms with Gasteiger partial charge in [0, 0.05) is 25.2 Å². The molecule has 0 heterocycles. The van der Waals surface area contributed by atoms with Gasteiger partial charge in [-0.25, -0.2) is 4.79 Å². The number of nitrogens with zero attached hydrogens (tertiary/aromatic N) is 2. The van der Waals surface area contributed by atoms with E-state index in [0.29, 0.717) is 0 Å². The summed E-state index contributed by atoms with van der Waals surface area (Å²) >= 11 is 0. The van der Waals surface area contributed by atoms with Crippen LogP contribution in [0.4, 0.5) is 21.9 Å². The second kappa shape index (κ2) is 6.14. The minimum Gasteiger partial charge on any atom is -0.465 e. The molecule has 0 aliphatic rings. The van der Waals surface area contributed by atoms with E-state index in [1.165, 1.54) is 6.07 Å². The number of nitro groups is 2. The molecule has 0 saturated heterocycles. The van der Waals surface area contributed by atoms with Crippen LogP contribution in [0.3, 0.4) is 0 Å². The highest BCUT2D eigenvalue weighted by atomic mass is 16.6. The number of benzene rings is 1. The van der Waals surface area contributed by atoms with Crippen LogP contribution in [0.25, 0.3) is 0 Å². The second-order valence-electron chi connectivity index (χ2n) is 3.34. The van der Waals surface area contributed by atoms with Gasteiger partial charge in [-0.2, -0.15) is 0 Å². The summed E-state index contributed by atoms with van der Waals surface area (Å²) in [5.74, 6) is 0. The molecular formula is C9H10N4O6. The summed E-state index contributed by atoms with van der Waals surface area (Å²) in [5.41, 5.74) is -1.13. The predicted octanol–water partition coefficient (Wildman–Crippen LogP) is 1.18. The molecule has 0 saturated carbocycles. The molecule has 0 aliphatic carbocycles. The number of nitrogens with one attached hydrogen (secondary N) is 2. The number of nitro benzene ring substituents is 2. The largest absolute Gasteiger partial charge is 0.465 e. The van der Waals surface area contributed by atoms with Crippen molar-refractivity contribution in [3.8, 4) is 0 Å². The summed E-state index contributed by atoms with van der Waals surface area (Å²) in [5, 5.41) is 34.4. The highest BCUT2D eigenvalue weighted by Gasteiger charge is 2.24. The lowest BCUT2D eigenvalue weighted by molar-refractivity contribution is -0.392. The molecule has 10 heteroatoms. The van der Waals surface area contributed by atoms with Gasteiger partial charge in [0.15, 0.2) is 5.69 Å². The fourth-order valence-corrected chi connectivity index (χ4v) is 1.37. The Morgan fingerprint density at radius 2 is 1.68 bits per heavy atom. The zero-order valence-corrected chi connectivity index (χ0v) is 9.53. The van der Waals surface area contributed by atoms with E-state index in [1.54, 1.807) is 0 Å². The van der Waals surface area contributed by atoms with Crippen molar-refractivity contribution >= 4 is 23.2 Å². The average Bonchev–Trinajstić information content (AvgIpc) is 2.33. The number of carbonyl (C=O) groups is 1. The van der Waals surface area contributed by atoms with Gasteiger partial charge in [-0.3, -0.25) is 20.2 Å². The third kappa shape index (κ3) is 3.80. The number of amides is 1. The maximum Gasteiger partial charge on any atom is 0.404 e. The smallest absolute Gasteiger partial charge is 0.404 e. The second-order valence-corrected chi connectivity index (χ2v) is 3.34. The first-order valence-electron chi connectivity index (χ1n) is 5.06. The van der Waals surface area contributed by atoms with Gasteiger partial charge < -0.3 is 15.7 Å². The Labute approximate surface area is 106 Å². The van der Waals surface area contributed by atoms with Crippen molar-refractivity contribution in [3.05, 3.63) is 38.4 Å². The van der Waals surface area contributed by atoms with Crippen molar-refractivity contribution in [2.45, 2.75) is 0 Å². The lowest BCUT2D eigenvalue weighted by atomic mass is 10.2. The first-order chi connectivity index (χ1) is 8.93. The molecule has 0 atom stereocenters. The Bertz CT molecular complexity index is 485. The molecule has 0 radical (unpaired) electrons. The Morgan fingerprint density at radius 1 is 1.16 bits per heavy atom. The van der Waals surface area contributed by atoms with Crippen LogP contribution in [0, 0.1) is 20.2 Å². The Hall–Kier alpha value is -2.91. The summed E-state index contributed by atoms with van der Waals surface area (Å²) in [7, 11) is 0. The molecule has 1 aromatic rings. The molecule has 1 rings (SSSR count). The molecule has 19 heavy (non-hydrogen) atoms. The molecule has 102 valence electrons. The lowest BCUT2D eigenvalue weighted by Crippen LogP contribution is -2.27. The molecule has 1 amide bonds. The van der Waals surface area contributed by atoms with Crippen LogP contribution in [-0.4, -0.2) is 34.1 Å². The lowest BCUT2D eigenvalue weighted by Gasteiger charge is -2.07. The molecule has 0 unspecified atom stereocenters. The van der Waals surface area contributed by atoms with E-state index in [1.807, 2.05) is 5.32 Å². The van der Waals surface area contributed by atoms with Gasteiger partial charge >= 0.3 is 6.09 Å². The van der Waals surface area contributed by atoms with E-state index >= 15 is 0 Å². The first kappa shape index (κ1) is 14.2. The Kier molecular flexibility index (Phi) is 4.57. The molecule has 0 bridgehead atoms. The minimum absolute atomic E-state index is 0.0159. The highest BCUT2D eigenvalue weighted by molar-refractivity contribution is 5.73. The van der Waals surface area contributed by atoms with Gasteiger partial charge in [-0.05, 0) is 6.07 Å². The van der Waals surface area contributed by atoms with Gasteiger partial charge in [0.2, 0.25) is 0 Å². The average molecular weight is 270 g/mol. The van der Waals surface area contributed by atoms with Crippen LogP contribution < -0.4 is 10.6 Å². The van der Waals surface area contributed by atoms with Crippen molar-refractivity contribution in [1.29, 1.82) is 0 Å². The highest BCUT2D eigenvalue weighted by Crippen LogP contribution is 2.33. The van der Waals surface area contributed by atoms with E-state index in [4.69, 9.17) is 5.11 Å². The van der Waals surface area contributed by atoms with Crippen molar-refractivity contribution in [2.24, 2.45) is 0 Å². The van der Waals surface area contributed by atoms with Crippen LogP contribution in [0.1, 0.15) is 0 Å². The maximum absolute atomic E-state index is 10.8. The number of carboxylic acid groups (broad SMARTS) is 1. The number of hydrogen-bond donors (Lipinski definition) is 3. The van der Waals surface area contributed by atoms with E-state index in [-0.39, 0.29) is 18.8 Å².